The van der Waals surface area contributed by atoms with E-state index < -0.39 is 24.2 Å². The van der Waals surface area contributed by atoms with E-state index in [0.717, 1.165) is 22.3 Å². The zero-order valence-corrected chi connectivity index (χ0v) is 20.3. The highest BCUT2D eigenvalue weighted by Crippen LogP contribution is 2.47. The van der Waals surface area contributed by atoms with Crippen LogP contribution in [0, 0.1) is 6.92 Å². The van der Waals surface area contributed by atoms with E-state index >= 15 is 0 Å². The Morgan fingerprint density at radius 1 is 1.11 bits per heavy atom. The van der Waals surface area contributed by atoms with Crippen LogP contribution in [0.4, 0.5) is 0 Å². The minimum atomic E-state index is -1.05. The molecule has 1 aliphatic carbocycles. The highest BCUT2D eigenvalue weighted by Gasteiger charge is 2.50. The largest absolute Gasteiger partial charge is 0.486 e. The van der Waals surface area contributed by atoms with Gasteiger partial charge in [0.1, 0.15) is 18.0 Å². The van der Waals surface area contributed by atoms with Crippen LogP contribution in [0.25, 0.3) is 0 Å². The average molecular weight is 477 g/mol. The number of amides is 2. The summed E-state index contributed by atoms with van der Waals surface area (Å²) in [6.07, 6.45) is 1.45. The van der Waals surface area contributed by atoms with Crippen molar-refractivity contribution in [2.75, 3.05) is 13.2 Å². The van der Waals surface area contributed by atoms with E-state index in [2.05, 4.69) is 5.32 Å². The van der Waals surface area contributed by atoms with E-state index in [1.165, 1.54) is 6.08 Å². The quantitative estimate of drug-likeness (QED) is 0.534. The number of para-hydroxylation sites is 1. The zero-order valence-electron chi connectivity index (χ0n) is 20.3. The molecule has 3 N–H and O–H groups in total. The van der Waals surface area contributed by atoms with Gasteiger partial charge in [0.15, 0.2) is 0 Å². The fraction of sp³-hybridized carbons (Fsp3) is 0.357. The van der Waals surface area contributed by atoms with Crippen LogP contribution >= 0.6 is 0 Å². The van der Waals surface area contributed by atoms with Crippen molar-refractivity contribution in [3.8, 4) is 5.75 Å². The Kier molecular flexibility index (Phi) is 7.38. The summed E-state index contributed by atoms with van der Waals surface area (Å²) in [6.45, 7) is 5.86. The summed E-state index contributed by atoms with van der Waals surface area (Å²) in [4.78, 5) is 28.1. The molecule has 4 rings (SSSR count). The van der Waals surface area contributed by atoms with Crippen LogP contribution in [0.5, 0.6) is 5.75 Å². The van der Waals surface area contributed by atoms with Gasteiger partial charge in [-0.05, 0) is 38.5 Å². The number of aliphatic hydroxyl groups excluding tert-OH is 2. The van der Waals surface area contributed by atoms with Gasteiger partial charge in [0.2, 0.25) is 11.8 Å². The van der Waals surface area contributed by atoms with Crippen LogP contribution in [0.3, 0.4) is 0 Å². The Morgan fingerprint density at radius 2 is 1.83 bits per heavy atom. The molecule has 0 saturated carbocycles. The molecule has 2 aliphatic rings. The van der Waals surface area contributed by atoms with Crippen molar-refractivity contribution in [3.05, 3.63) is 88.5 Å². The number of hydrogen-bond donors (Lipinski definition) is 3. The van der Waals surface area contributed by atoms with Gasteiger partial charge in [-0.25, -0.2) is 0 Å². The molecule has 0 spiro atoms. The second kappa shape index (κ2) is 10.5. The van der Waals surface area contributed by atoms with E-state index in [0.29, 0.717) is 11.3 Å². The predicted octanol–water partition coefficient (Wildman–Crippen LogP) is 2.61. The maximum Gasteiger partial charge on any atom is 0.247 e. The second-order valence-electron chi connectivity index (χ2n) is 9.35. The Hall–Kier alpha value is -3.42. The van der Waals surface area contributed by atoms with E-state index in [1.54, 1.807) is 11.0 Å². The topological polar surface area (TPSA) is 99.1 Å². The summed E-state index contributed by atoms with van der Waals surface area (Å²) in [7, 11) is 0. The van der Waals surface area contributed by atoms with E-state index in [-0.39, 0.29) is 31.5 Å². The number of allylic oxidation sites excluding steroid dienone is 1. The molecule has 1 heterocycles. The maximum atomic E-state index is 13.4. The lowest BCUT2D eigenvalue weighted by Gasteiger charge is -2.40. The van der Waals surface area contributed by atoms with Crippen LogP contribution in [-0.2, 0) is 16.1 Å². The van der Waals surface area contributed by atoms with Gasteiger partial charge in [-0.2, -0.15) is 0 Å². The molecule has 0 radical (unpaired) electrons. The lowest BCUT2D eigenvalue weighted by molar-refractivity contribution is -0.133. The van der Waals surface area contributed by atoms with Crippen molar-refractivity contribution >= 4 is 11.8 Å². The Labute approximate surface area is 205 Å². The summed E-state index contributed by atoms with van der Waals surface area (Å²) in [5.74, 6) is -0.467. The fourth-order valence-corrected chi connectivity index (χ4v) is 4.74. The summed E-state index contributed by atoms with van der Waals surface area (Å²) >= 11 is 0. The molecule has 1 aliphatic heterocycles. The van der Waals surface area contributed by atoms with Gasteiger partial charge in [0.05, 0.1) is 18.6 Å². The highest BCUT2D eigenvalue weighted by atomic mass is 16.5. The first kappa shape index (κ1) is 24.7. The Morgan fingerprint density at radius 3 is 2.51 bits per heavy atom. The third-order valence-corrected chi connectivity index (χ3v) is 6.41. The molecule has 184 valence electrons. The van der Waals surface area contributed by atoms with Crippen molar-refractivity contribution in [1.29, 1.82) is 0 Å². The van der Waals surface area contributed by atoms with Gasteiger partial charge >= 0.3 is 0 Å². The molecule has 2 aromatic carbocycles. The van der Waals surface area contributed by atoms with Crippen molar-refractivity contribution in [2.45, 2.75) is 51.5 Å². The lowest BCUT2D eigenvalue weighted by atomic mass is 9.77. The standard InChI is InChI=1S/C28H32N2O5/c1-17(2)14-24(32)30(16-19-10-8-18(3)9-11-19)22-15-21(28(34)29-12-13-31)25-20-6-4-5-7-23(20)35-27(25)26(22)33/h4-11,14-15,22,25-27,31,33H,12-13,16H2,1-3H3,(H,29,34)/t22-,25+,26+,27+/m1/s1. The Bertz CT molecular complexity index is 1150. The number of nitrogens with one attached hydrogen (secondary N) is 1. The molecule has 0 aromatic heterocycles. The normalized spacial score (nSPS) is 22.3. The molecule has 7 nitrogen and oxygen atoms in total. The van der Waals surface area contributed by atoms with Gasteiger partial charge in [-0.1, -0.05) is 53.6 Å². The molecule has 7 heteroatoms. The first-order valence-corrected chi connectivity index (χ1v) is 11.9. The SMILES string of the molecule is CC(C)=CC(=O)N(Cc1ccc(C)cc1)[C@@H]1C=C(C(=O)NCCO)[C@@H]2c3ccccc3O[C@@H]2[C@H]1O. The van der Waals surface area contributed by atoms with Gasteiger partial charge in [-0.15, -0.1) is 0 Å². The lowest BCUT2D eigenvalue weighted by Crippen LogP contribution is -2.55. The van der Waals surface area contributed by atoms with Crippen LogP contribution in [-0.4, -0.2) is 58.3 Å². The smallest absolute Gasteiger partial charge is 0.247 e. The Balaban J connectivity index is 1.77. The van der Waals surface area contributed by atoms with Crippen LogP contribution in [0.15, 0.2) is 71.8 Å². The van der Waals surface area contributed by atoms with E-state index in [4.69, 9.17) is 4.74 Å². The molecule has 2 amide bonds. The molecule has 0 bridgehead atoms. The molecular weight excluding hydrogens is 444 g/mol. The summed E-state index contributed by atoms with van der Waals surface area (Å²) in [5, 5.41) is 23.5. The molecule has 4 atom stereocenters. The number of ether oxygens (including phenoxy) is 1. The minimum absolute atomic E-state index is 0.104. The van der Waals surface area contributed by atoms with Crippen LogP contribution < -0.4 is 10.1 Å². The predicted molar refractivity (Wildman–Crippen MR) is 133 cm³/mol. The first-order valence-electron chi connectivity index (χ1n) is 11.9. The van der Waals surface area contributed by atoms with Gasteiger partial charge < -0.3 is 25.2 Å². The summed E-state index contributed by atoms with van der Waals surface area (Å²) in [6, 6.07) is 14.5. The number of carbonyl (C=O) groups excluding carboxylic acids is 2. The summed E-state index contributed by atoms with van der Waals surface area (Å²) in [5.41, 5.74) is 4.09. The third kappa shape index (κ3) is 5.16. The third-order valence-electron chi connectivity index (χ3n) is 6.41. The van der Waals surface area contributed by atoms with Crippen molar-refractivity contribution < 1.29 is 24.5 Å². The van der Waals surface area contributed by atoms with E-state index in [9.17, 15) is 19.8 Å². The number of benzene rings is 2. The van der Waals surface area contributed by atoms with E-state index in [1.807, 2.05) is 69.3 Å². The van der Waals surface area contributed by atoms with Crippen LogP contribution in [0.2, 0.25) is 0 Å². The monoisotopic (exact) mass is 476 g/mol. The number of rotatable bonds is 7. The first-order chi connectivity index (χ1) is 16.8. The molecule has 0 fully saturated rings. The van der Waals surface area contributed by atoms with Crippen molar-refractivity contribution in [2.24, 2.45) is 0 Å². The minimum Gasteiger partial charge on any atom is -0.486 e. The zero-order chi connectivity index (χ0) is 25.1. The number of carbonyl (C=O) groups is 2. The molecule has 0 unspecified atom stereocenters. The number of fused-ring (bicyclic) bond motifs is 3. The average Bonchev–Trinajstić information content (AvgIpc) is 3.22. The van der Waals surface area contributed by atoms with Gasteiger partial charge in [-0.3, -0.25) is 9.59 Å². The number of aliphatic hydroxyl groups is 2. The van der Waals surface area contributed by atoms with Crippen LogP contribution in [0.1, 0.15) is 36.5 Å². The molecule has 35 heavy (non-hydrogen) atoms. The second-order valence-corrected chi connectivity index (χ2v) is 9.35. The highest BCUT2D eigenvalue weighted by molar-refractivity contribution is 5.96. The number of hydrogen-bond acceptors (Lipinski definition) is 5. The van der Waals surface area contributed by atoms with Gasteiger partial charge in [0, 0.05) is 30.3 Å². The molecule has 2 aromatic rings. The maximum absolute atomic E-state index is 13.4. The summed E-state index contributed by atoms with van der Waals surface area (Å²) < 4.78 is 6.14. The van der Waals surface area contributed by atoms with Crippen molar-refractivity contribution in [1.82, 2.24) is 10.2 Å². The fourth-order valence-electron chi connectivity index (χ4n) is 4.74. The number of nitrogens with zero attached hydrogens (tertiary/aromatic N) is 1. The van der Waals surface area contributed by atoms with Gasteiger partial charge in [0.25, 0.3) is 0 Å². The van der Waals surface area contributed by atoms with Crippen molar-refractivity contribution in [3.63, 3.8) is 0 Å². The molecular formula is C28H32N2O5. The molecule has 0 saturated heterocycles. The number of aryl methyl sites for hydroxylation is 1.